The summed E-state index contributed by atoms with van der Waals surface area (Å²) in [4.78, 5) is 4.96. The summed E-state index contributed by atoms with van der Waals surface area (Å²) in [7, 11) is 0. The number of aliphatic imine (C=N–C) groups is 1. The molecule has 3 rings (SSSR count). The maximum absolute atomic E-state index is 10.1. The summed E-state index contributed by atoms with van der Waals surface area (Å²) >= 11 is 0. The zero-order chi connectivity index (χ0) is 18.5. The molecule has 0 spiro atoms. The van der Waals surface area contributed by atoms with Crippen LogP contribution in [0.15, 0.2) is 4.99 Å². The average molecular weight is 366 g/mol. The van der Waals surface area contributed by atoms with Crippen LogP contribution >= 0.6 is 0 Å². The minimum absolute atomic E-state index is 0.155. The van der Waals surface area contributed by atoms with E-state index in [2.05, 4.69) is 4.99 Å². The molecule has 8 N–H and O–H groups in total. The van der Waals surface area contributed by atoms with Gasteiger partial charge in [-0.2, -0.15) is 0 Å². The number of aliphatic hydroxyl groups excluding tert-OH is 8. The average Bonchev–Trinajstić information content (AvgIpc) is 3.02. The summed E-state index contributed by atoms with van der Waals surface area (Å²) in [5, 5.41) is 78.3. The SMILES string of the molecule is OC[C@H]1O[C@@H](/N=C2\OC[C@@H]3[C@@H](O)[C@@H](O)[C@@H](O)[C@@H](O)N23)[C@H](O)[C@@H](O)[C@@H]1O. The third-order valence-electron chi connectivity index (χ3n) is 4.75. The van der Waals surface area contributed by atoms with Crippen LogP contribution in [0.2, 0.25) is 0 Å². The van der Waals surface area contributed by atoms with E-state index < -0.39 is 67.8 Å². The molecule has 3 saturated heterocycles. The molecule has 0 amide bonds. The summed E-state index contributed by atoms with van der Waals surface area (Å²) in [6.07, 6.45) is -13.7. The fraction of sp³-hybridized carbons (Fsp3) is 0.923. The maximum atomic E-state index is 10.1. The fourth-order valence-electron chi connectivity index (χ4n) is 3.20. The van der Waals surface area contributed by atoms with Crippen molar-refractivity contribution in [3.63, 3.8) is 0 Å². The summed E-state index contributed by atoms with van der Waals surface area (Å²) in [5.41, 5.74) is 0. The number of nitrogens with zero attached hydrogens (tertiary/aromatic N) is 2. The smallest absolute Gasteiger partial charge is 0.292 e. The number of hydrogen-bond acceptors (Lipinski definition) is 11. The van der Waals surface area contributed by atoms with Gasteiger partial charge < -0.3 is 50.3 Å². The molecule has 3 aliphatic heterocycles. The van der Waals surface area contributed by atoms with Crippen molar-refractivity contribution in [2.75, 3.05) is 13.2 Å². The van der Waals surface area contributed by atoms with Gasteiger partial charge in [0.05, 0.1) is 12.6 Å². The first-order valence-corrected chi connectivity index (χ1v) is 7.79. The topological polar surface area (TPSA) is 196 Å². The van der Waals surface area contributed by atoms with Crippen LogP contribution in [0, 0.1) is 0 Å². The Hall–Kier alpha value is -1.09. The second kappa shape index (κ2) is 6.90. The monoisotopic (exact) mass is 366 g/mol. The van der Waals surface area contributed by atoms with Gasteiger partial charge in [-0.25, -0.2) is 4.99 Å². The van der Waals surface area contributed by atoms with Gasteiger partial charge in [0.25, 0.3) is 6.02 Å². The molecule has 0 aliphatic carbocycles. The molecule has 0 saturated carbocycles. The Balaban J connectivity index is 1.84. The van der Waals surface area contributed by atoms with Crippen molar-refractivity contribution in [1.82, 2.24) is 4.90 Å². The zero-order valence-corrected chi connectivity index (χ0v) is 13.0. The summed E-state index contributed by atoms with van der Waals surface area (Å²) in [5.74, 6) is 0. The maximum Gasteiger partial charge on any atom is 0.292 e. The number of fused-ring (bicyclic) bond motifs is 1. The minimum Gasteiger partial charge on any atom is -0.463 e. The van der Waals surface area contributed by atoms with Crippen molar-refractivity contribution in [1.29, 1.82) is 0 Å². The Labute approximate surface area is 141 Å². The summed E-state index contributed by atoms with van der Waals surface area (Å²) < 4.78 is 10.5. The standard InChI is InChI=1S/C13H22N2O10/c16-1-4-6(18)8(20)9(21)11(25-4)14-13-15-3(2-24-13)5(17)7(19)10(22)12(15)23/h3-12,16-23H,1-2H2/b14-13-/t3-,4-,5-,6-,7-,8+,9-,10-,11-,12-/m1/s1. The van der Waals surface area contributed by atoms with E-state index in [0.29, 0.717) is 0 Å². The van der Waals surface area contributed by atoms with Crippen LogP contribution < -0.4 is 0 Å². The minimum atomic E-state index is -1.69. The molecular formula is C13H22N2O10. The highest BCUT2D eigenvalue weighted by Crippen LogP contribution is 2.30. The van der Waals surface area contributed by atoms with Gasteiger partial charge in [0.15, 0.2) is 12.5 Å². The predicted molar refractivity (Wildman–Crippen MR) is 76.8 cm³/mol. The van der Waals surface area contributed by atoms with Crippen LogP contribution in [-0.4, -0.2) is 126 Å². The summed E-state index contributed by atoms with van der Waals surface area (Å²) in [6.45, 7) is -0.788. The van der Waals surface area contributed by atoms with E-state index in [0.717, 1.165) is 4.90 Å². The van der Waals surface area contributed by atoms with E-state index in [1.54, 1.807) is 0 Å². The van der Waals surface area contributed by atoms with E-state index >= 15 is 0 Å². The van der Waals surface area contributed by atoms with Crippen molar-refractivity contribution >= 4 is 6.02 Å². The lowest BCUT2D eigenvalue weighted by atomic mass is 9.94. The Bertz CT molecular complexity index is 519. The molecule has 144 valence electrons. The predicted octanol–water partition coefficient (Wildman–Crippen LogP) is -5.74. The first-order valence-electron chi connectivity index (χ1n) is 7.79. The largest absolute Gasteiger partial charge is 0.463 e. The highest BCUT2D eigenvalue weighted by Gasteiger charge is 2.53. The fourth-order valence-corrected chi connectivity index (χ4v) is 3.20. The van der Waals surface area contributed by atoms with Gasteiger partial charge in [-0.3, -0.25) is 4.90 Å². The van der Waals surface area contributed by atoms with Gasteiger partial charge in [-0.05, 0) is 0 Å². The van der Waals surface area contributed by atoms with Gasteiger partial charge in [0.2, 0.25) is 0 Å². The van der Waals surface area contributed by atoms with Crippen molar-refractivity contribution in [3.05, 3.63) is 0 Å². The van der Waals surface area contributed by atoms with Crippen LogP contribution in [-0.2, 0) is 9.47 Å². The lowest BCUT2D eigenvalue weighted by Crippen LogP contribution is -2.66. The number of amidine groups is 1. The third kappa shape index (κ3) is 2.99. The molecule has 0 radical (unpaired) electrons. The van der Waals surface area contributed by atoms with Crippen LogP contribution in [0.3, 0.4) is 0 Å². The molecule has 12 nitrogen and oxygen atoms in total. The quantitative estimate of drug-likeness (QED) is 0.232. The van der Waals surface area contributed by atoms with Gasteiger partial charge in [-0.15, -0.1) is 0 Å². The molecule has 0 aromatic carbocycles. The van der Waals surface area contributed by atoms with E-state index in [-0.39, 0.29) is 12.6 Å². The molecule has 3 fully saturated rings. The Morgan fingerprint density at radius 3 is 2.16 bits per heavy atom. The molecule has 10 atom stereocenters. The first kappa shape index (κ1) is 18.7. The van der Waals surface area contributed by atoms with Crippen LogP contribution in [0.1, 0.15) is 0 Å². The first-order chi connectivity index (χ1) is 11.8. The number of piperidine rings is 1. The molecule has 0 aromatic heterocycles. The van der Waals surface area contributed by atoms with Crippen LogP contribution in [0.25, 0.3) is 0 Å². The molecule has 3 heterocycles. The Morgan fingerprint density at radius 1 is 0.880 bits per heavy atom. The zero-order valence-electron chi connectivity index (χ0n) is 13.0. The third-order valence-corrected chi connectivity index (χ3v) is 4.75. The van der Waals surface area contributed by atoms with Crippen LogP contribution in [0.4, 0.5) is 0 Å². The number of rotatable bonds is 2. The van der Waals surface area contributed by atoms with Crippen molar-refractivity contribution in [3.8, 4) is 0 Å². The van der Waals surface area contributed by atoms with Gasteiger partial charge in [-0.1, -0.05) is 0 Å². The van der Waals surface area contributed by atoms with E-state index in [4.69, 9.17) is 9.47 Å². The van der Waals surface area contributed by atoms with Crippen LogP contribution in [0.5, 0.6) is 0 Å². The molecule has 0 unspecified atom stereocenters. The molecule has 0 aromatic rings. The lowest BCUT2D eigenvalue weighted by molar-refractivity contribution is -0.227. The second-order valence-corrected chi connectivity index (χ2v) is 6.30. The van der Waals surface area contributed by atoms with Crippen molar-refractivity contribution < 1.29 is 50.3 Å². The number of ether oxygens (including phenoxy) is 2. The molecule has 0 bridgehead atoms. The second-order valence-electron chi connectivity index (χ2n) is 6.30. The molecular weight excluding hydrogens is 344 g/mol. The number of hydrogen-bond donors (Lipinski definition) is 8. The van der Waals surface area contributed by atoms with Crippen molar-refractivity contribution in [2.45, 2.75) is 61.2 Å². The molecule has 12 heteroatoms. The van der Waals surface area contributed by atoms with E-state index in [9.17, 15) is 40.9 Å². The Kier molecular flexibility index (Phi) is 5.16. The van der Waals surface area contributed by atoms with E-state index in [1.165, 1.54) is 0 Å². The van der Waals surface area contributed by atoms with Gasteiger partial charge >= 0.3 is 0 Å². The summed E-state index contributed by atoms with van der Waals surface area (Å²) in [6, 6.07) is -1.18. The van der Waals surface area contributed by atoms with Crippen molar-refractivity contribution in [2.24, 2.45) is 4.99 Å². The Morgan fingerprint density at radius 2 is 1.52 bits per heavy atom. The normalized spacial score (nSPS) is 52.2. The lowest BCUT2D eigenvalue weighted by Gasteiger charge is -2.43. The van der Waals surface area contributed by atoms with Gasteiger partial charge in [0.1, 0.15) is 49.3 Å². The highest BCUT2D eigenvalue weighted by atomic mass is 16.6. The van der Waals surface area contributed by atoms with E-state index in [1.807, 2.05) is 0 Å². The molecule has 25 heavy (non-hydrogen) atoms. The number of aliphatic hydroxyl groups is 8. The highest BCUT2D eigenvalue weighted by molar-refractivity contribution is 5.77. The molecule has 3 aliphatic rings. The van der Waals surface area contributed by atoms with Gasteiger partial charge in [0, 0.05) is 0 Å².